The maximum Gasteiger partial charge on any atom is 0.401 e. The molecule has 1 aliphatic rings. The van der Waals surface area contributed by atoms with Crippen LogP contribution >= 0.6 is 0 Å². The van der Waals surface area contributed by atoms with Crippen LogP contribution in [0.15, 0.2) is 24.3 Å². The maximum absolute atomic E-state index is 12.3. The second-order valence-corrected chi connectivity index (χ2v) is 5.21. The van der Waals surface area contributed by atoms with Crippen LogP contribution in [0.25, 0.3) is 0 Å². The first-order chi connectivity index (χ1) is 10.9. The number of carbonyl (C=O) groups excluding carboxylic acids is 1. The van der Waals surface area contributed by atoms with E-state index in [1.165, 1.54) is 16.9 Å². The molecule has 0 atom stereocenters. The molecule has 1 aromatic carbocycles. The van der Waals surface area contributed by atoms with Gasteiger partial charge in [0.05, 0.1) is 13.7 Å². The molecular formula is C15H19F3N2O3. The summed E-state index contributed by atoms with van der Waals surface area (Å²) in [7, 11) is 1.50. The van der Waals surface area contributed by atoms with Crippen LogP contribution in [0.3, 0.4) is 0 Å². The second kappa shape index (κ2) is 7.54. The number of ether oxygens (including phenoxy) is 2. The van der Waals surface area contributed by atoms with Gasteiger partial charge >= 0.3 is 6.18 Å². The Morgan fingerprint density at radius 1 is 1.13 bits per heavy atom. The number of rotatable bonds is 5. The summed E-state index contributed by atoms with van der Waals surface area (Å²) in [4.78, 5) is 14.9. The molecule has 1 amide bonds. The highest BCUT2D eigenvalue weighted by atomic mass is 19.4. The Morgan fingerprint density at radius 2 is 1.74 bits per heavy atom. The lowest BCUT2D eigenvalue weighted by atomic mass is 10.3. The monoisotopic (exact) mass is 332 g/mol. The van der Waals surface area contributed by atoms with E-state index in [-0.39, 0.29) is 38.7 Å². The lowest BCUT2D eigenvalue weighted by Crippen LogP contribution is -2.51. The molecule has 1 saturated heterocycles. The van der Waals surface area contributed by atoms with Crippen molar-refractivity contribution in [2.75, 3.05) is 46.4 Å². The van der Waals surface area contributed by atoms with Gasteiger partial charge in [0.1, 0.15) is 0 Å². The van der Waals surface area contributed by atoms with Gasteiger partial charge in [-0.25, -0.2) is 0 Å². The molecule has 128 valence electrons. The summed E-state index contributed by atoms with van der Waals surface area (Å²) in [6.45, 7) is -0.152. The zero-order chi connectivity index (χ0) is 16.9. The van der Waals surface area contributed by atoms with Crippen LogP contribution < -0.4 is 9.47 Å². The van der Waals surface area contributed by atoms with Crippen LogP contribution in [0.2, 0.25) is 0 Å². The standard InChI is InChI=1S/C15H19F3N2O3/c1-22-12-4-2-3-5-13(12)23-10-14(21)20-8-6-19(7-9-20)11-15(16,17)18/h2-5H,6-11H2,1H3. The largest absolute Gasteiger partial charge is 0.493 e. The summed E-state index contributed by atoms with van der Waals surface area (Å²) < 4.78 is 47.5. The fourth-order valence-electron chi connectivity index (χ4n) is 2.38. The van der Waals surface area contributed by atoms with Gasteiger partial charge < -0.3 is 14.4 Å². The summed E-state index contributed by atoms with van der Waals surface area (Å²) in [5.74, 6) is 0.733. The zero-order valence-corrected chi connectivity index (χ0v) is 12.8. The van der Waals surface area contributed by atoms with E-state index in [4.69, 9.17) is 9.47 Å². The number of carbonyl (C=O) groups is 1. The van der Waals surface area contributed by atoms with E-state index in [2.05, 4.69) is 0 Å². The lowest BCUT2D eigenvalue weighted by molar-refractivity contribution is -0.152. The maximum atomic E-state index is 12.3. The average Bonchev–Trinajstić information content (AvgIpc) is 2.52. The van der Waals surface area contributed by atoms with Gasteiger partial charge in [-0.3, -0.25) is 9.69 Å². The van der Waals surface area contributed by atoms with Crippen molar-refractivity contribution in [3.8, 4) is 11.5 Å². The zero-order valence-electron chi connectivity index (χ0n) is 12.8. The number of alkyl halides is 3. The minimum absolute atomic E-state index is 0.167. The van der Waals surface area contributed by atoms with Crippen LogP contribution in [-0.4, -0.2) is 68.3 Å². The van der Waals surface area contributed by atoms with Crippen LogP contribution in [0.1, 0.15) is 0 Å². The molecule has 0 aromatic heterocycles. The molecule has 8 heteroatoms. The van der Waals surface area contributed by atoms with Crippen molar-refractivity contribution in [2.45, 2.75) is 6.18 Å². The number of hydrogen-bond donors (Lipinski definition) is 0. The van der Waals surface area contributed by atoms with Gasteiger partial charge in [0, 0.05) is 26.2 Å². The number of methoxy groups -OCH3 is 1. The Balaban J connectivity index is 1.79. The minimum Gasteiger partial charge on any atom is -0.493 e. The third kappa shape index (κ3) is 5.31. The average molecular weight is 332 g/mol. The van der Waals surface area contributed by atoms with Crippen molar-refractivity contribution in [3.63, 3.8) is 0 Å². The van der Waals surface area contributed by atoms with Crippen LogP contribution in [-0.2, 0) is 4.79 Å². The Kier molecular flexibility index (Phi) is 5.70. The fraction of sp³-hybridized carbons (Fsp3) is 0.533. The first kappa shape index (κ1) is 17.4. The smallest absolute Gasteiger partial charge is 0.401 e. The molecule has 0 saturated carbocycles. The summed E-state index contributed by atoms with van der Waals surface area (Å²) in [6, 6.07) is 6.95. The summed E-state index contributed by atoms with van der Waals surface area (Å²) in [5.41, 5.74) is 0. The number of amides is 1. The van der Waals surface area contributed by atoms with Crippen LogP contribution in [0, 0.1) is 0 Å². The fourth-order valence-corrected chi connectivity index (χ4v) is 2.38. The number of halogens is 3. The number of piperazine rings is 1. The van der Waals surface area contributed by atoms with E-state index >= 15 is 0 Å². The summed E-state index contributed by atoms with van der Waals surface area (Å²) in [5, 5.41) is 0. The van der Waals surface area contributed by atoms with E-state index in [1.54, 1.807) is 24.3 Å². The van der Waals surface area contributed by atoms with E-state index in [1.807, 2.05) is 0 Å². The molecular weight excluding hydrogens is 313 g/mol. The summed E-state index contributed by atoms with van der Waals surface area (Å²) in [6.07, 6.45) is -4.21. The van der Waals surface area contributed by atoms with E-state index in [0.717, 1.165) is 0 Å². The van der Waals surface area contributed by atoms with Gasteiger partial charge in [0.25, 0.3) is 5.91 Å². The van der Waals surface area contributed by atoms with E-state index < -0.39 is 12.7 Å². The van der Waals surface area contributed by atoms with Crippen molar-refractivity contribution in [2.24, 2.45) is 0 Å². The topological polar surface area (TPSA) is 42.0 Å². The highest BCUT2D eigenvalue weighted by Crippen LogP contribution is 2.25. The number of hydrogen-bond acceptors (Lipinski definition) is 4. The first-order valence-electron chi connectivity index (χ1n) is 7.22. The molecule has 1 heterocycles. The third-order valence-electron chi connectivity index (χ3n) is 3.55. The van der Waals surface area contributed by atoms with Crippen molar-refractivity contribution in [3.05, 3.63) is 24.3 Å². The van der Waals surface area contributed by atoms with Gasteiger partial charge in [-0.1, -0.05) is 12.1 Å². The second-order valence-electron chi connectivity index (χ2n) is 5.21. The normalized spacial score (nSPS) is 16.3. The Labute approximate surface area is 132 Å². The molecule has 1 aliphatic heterocycles. The van der Waals surface area contributed by atoms with Gasteiger partial charge in [-0.2, -0.15) is 13.2 Å². The highest BCUT2D eigenvalue weighted by Gasteiger charge is 2.32. The van der Waals surface area contributed by atoms with Gasteiger partial charge in [0.2, 0.25) is 0 Å². The van der Waals surface area contributed by atoms with Crippen molar-refractivity contribution < 1.29 is 27.4 Å². The van der Waals surface area contributed by atoms with Crippen molar-refractivity contribution >= 4 is 5.91 Å². The highest BCUT2D eigenvalue weighted by molar-refractivity contribution is 5.78. The van der Waals surface area contributed by atoms with Crippen LogP contribution in [0.4, 0.5) is 13.2 Å². The number of para-hydroxylation sites is 2. The SMILES string of the molecule is COc1ccccc1OCC(=O)N1CCN(CC(F)(F)F)CC1. The Bertz CT molecular complexity index is 529. The molecule has 1 aromatic rings. The number of nitrogens with zero attached hydrogens (tertiary/aromatic N) is 2. The van der Waals surface area contributed by atoms with Crippen molar-refractivity contribution in [1.82, 2.24) is 9.80 Å². The predicted molar refractivity (Wildman–Crippen MR) is 77.6 cm³/mol. The van der Waals surface area contributed by atoms with E-state index in [9.17, 15) is 18.0 Å². The van der Waals surface area contributed by atoms with Crippen molar-refractivity contribution in [1.29, 1.82) is 0 Å². The predicted octanol–water partition coefficient (Wildman–Crippen LogP) is 1.78. The molecule has 0 N–H and O–H groups in total. The molecule has 0 aliphatic carbocycles. The number of benzene rings is 1. The van der Waals surface area contributed by atoms with E-state index in [0.29, 0.717) is 11.5 Å². The molecule has 0 radical (unpaired) electrons. The Morgan fingerprint density at radius 3 is 2.30 bits per heavy atom. The molecule has 2 rings (SSSR count). The molecule has 0 unspecified atom stereocenters. The van der Waals surface area contributed by atoms with Crippen LogP contribution in [0.5, 0.6) is 11.5 Å². The molecule has 5 nitrogen and oxygen atoms in total. The first-order valence-corrected chi connectivity index (χ1v) is 7.22. The minimum atomic E-state index is -4.21. The molecule has 1 fully saturated rings. The third-order valence-corrected chi connectivity index (χ3v) is 3.55. The quantitative estimate of drug-likeness (QED) is 0.824. The Hall–Kier alpha value is -1.96. The van der Waals surface area contributed by atoms with Gasteiger partial charge in [0.15, 0.2) is 18.1 Å². The molecule has 0 bridgehead atoms. The molecule has 0 spiro atoms. The van der Waals surface area contributed by atoms with Gasteiger partial charge in [-0.15, -0.1) is 0 Å². The summed E-state index contributed by atoms with van der Waals surface area (Å²) >= 11 is 0. The lowest BCUT2D eigenvalue weighted by Gasteiger charge is -2.34. The van der Waals surface area contributed by atoms with Gasteiger partial charge in [-0.05, 0) is 12.1 Å². The molecule has 23 heavy (non-hydrogen) atoms.